The molecule has 0 bridgehead atoms. The molecule has 0 radical (unpaired) electrons. The molecule has 67 heavy (non-hydrogen) atoms. The van der Waals surface area contributed by atoms with Crippen LogP contribution in [-0.4, -0.2) is 37.2 Å². The number of allylic oxidation sites excluding steroid dienone is 18. The molecular weight excluding hydrogens is 829 g/mol. The summed E-state index contributed by atoms with van der Waals surface area (Å²) in [6.45, 7) is 6.47. The number of hydrogen-bond donors (Lipinski definition) is 0. The van der Waals surface area contributed by atoms with Gasteiger partial charge in [0.1, 0.15) is 13.2 Å². The number of hydrogen-bond acceptors (Lipinski definition) is 6. The fraction of sp³-hybridized carbons (Fsp3) is 0.656. The number of carbonyl (C=O) groups excluding carboxylic acids is 3. The highest BCUT2D eigenvalue weighted by Gasteiger charge is 2.19. The van der Waals surface area contributed by atoms with Crippen LogP contribution in [0.25, 0.3) is 0 Å². The van der Waals surface area contributed by atoms with Crippen molar-refractivity contribution in [1.82, 2.24) is 0 Å². The summed E-state index contributed by atoms with van der Waals surface area (Å²) < 4.78 is 16.7. The van der Waals surface area contributed by atoms with Crippen molar-refractivity contribution < 1.29 is 28.6 Å². The van der Waals surface area contributed by atoms with Gasteiger partial charge in [-0.25, -0.2) is 0 Å². The van der Waals surface area contributed by atoms with Gasteiger partial charge in [-0.05, 0) is 122 Å². The van der Waals surface area contributed by atoms with E-state index in [0.717, 1.165) is 89.9 Å². The molecule has 0 rings (SSSR count). The van der Waals surface area contributed by atoms with Crippen molar-refractivity contribution >= 4 is 17.9 Å². The van der Waals surface area contributed by atoms with Crippen LogP contribution in [-0.2, 0) is 28.6 Å². The van der Waals surface area contributed by atoms with Crippen molar-refractivity contribution in [2.75, 3.05) is 13.2 Å². The first kappa shape index (κ1) is 63.1. The minimum atomic E-state index is -0.835. The van der Waals surface area contributed by atoms with Gasteiger partial charge in [-0.2, -0.15) is 0 Å². The standard InChI is InChI=1S/C61H100O6/c1-4-7-10-13-16-19-22-25-28-30-33-36-39-42-45-48-51-54-60(63)66-57-58(56-65-59(62)53-50-47-44-41-38-35-32-27-24-21-18-15-12-9-6-3)67-61(64)55-52-49-46-43-40-37-34-31-29-26-23-20-17-14-11-8-5-2/h17-18,20-21,25-29,32-34,36-37,42-43,45-46,58H,4-16,19,22-24,30-31,35,38-41,44,47-57H2,1-3H3/b20-17-,21-18-,28-25-,29-26-,32-27-,36-33-,37-34-,45-42-,46-43-/t58-/m1/s1. The third-order valence-electron chi connectivity index (χ3n) is 11.2. The van der Waals surface area contributed by atoms with Gasteiger partial charge in [0.2, 0.25) is 0 Å². The molecule has 0 unspecified atom stereocenters. The Morgan fingerprint density at radius 2 is 0.552 bits per heavy atom. The van der Waals surface area contributed by atoms with Crippen molar-refractivity contribution in [3.8, 4) is 0 Å². The minimum absolute atomic E-state index is 0.125. The maximum Gasteiger partial charge on any atom is 0.306 e. The number of carbonyl (C=O) groups is 3. The smallest absolute Gasteiger partial charge is 0.306 e. The lowest BCUT2D eigenvalue weighted by atomic mass is 10.1. The van der Waals surface area contributed by atoms with Crippen LogP contribution in [0.2, 0.25) is 0 Å². The summed E-state index contributed by atoms with van der Waals surface area (Å²) in [4.78, 5) is 38.0. The first-order valence-corrected chi connectivity index (χ1v) is 27.4. The van der Waals surface area contributed by atoms with Crippen LogP contribution in [0.4, 0.5) is 0 Å². The second-order valence-electron chi connectivity index (χ2n) is 17.8. The average Bonchev–Trinajstić information content (AvgIpc) is 3.33. The molecule has 0 aromatic heterocycles. The zero-order chi connectivity index (χ0) is 48.6. The Labute approximate surface area is 412 Å². The van der Waals surface area contributed by atoms with Crippen LogP contribution in [0.3, 0.4) is 0 Å². The quantitative estimate of drug-likeness (QED) is 0.0262. The minimum Gasteiger partial charge on any atom is -0.462 e. The molecule has 380 valence electrons. The van der Waals surface area contributed by atoms with E-state index < -0.39 is 6.10 Å². The van der Waals surface area contributed by atoms with Gasteiger partial charge >= 0.3 is 17.9 Å². The zero-order valence-electron chi connectivity index (χ0n) is 43.4. The van der Waals surface area contributed by atoms with Crippen LogP contribution in [0, 0.1) is 0 Å². The molecule has 0 amide bonds. The topological polar surface area (TPSA) is 78.9 Å². The molecule has 0 aliphatic heterocycles. The first-order chi connectivity index (χ1) is 33.0. The average molecular weight is 929 g/mol. The van der Waals surface area contributed by atoms with E-state index >= 15 is 0 Å². The fourth-order valence-electron chi connectivity index (χ4n) is 7.07. The lowest BCUT2D eigenvalue weighted by Crippen LogP contribution is -2.30. The summed E-state index contributed by atoms with van der Waals surface area (Å²) in [5.41, 5.74) is 0. The second-order valence-corrected chi connectivity index (χ2v) is 17.8. The van der Waals surface area contributed by atoms with E-state index in [2.05, 4.69) is 130 Å². The summed E-state index contributed by atoms with van der Waals surface area (Å²) in [7, 11) is 0. The highest BCUT2D eigenvalue weighted by molar-refractivity contribution is 5.71. The van der Waals surface area contributed by atoms with Gasteiger partial charge in [-0.1, -0.05) is 207 Å². The Hall–Kier alpha value is -3.93. The Kier molecular flexibility index (Phi) is 51.5. The van der Waals surface area contributed by atoms with Crippen LogP contribution in [0.5, 0.6) is 0 Å². The maximum absolute atomic E-state index is 12.8. The van der Waals surface area contributed by atoms with Gasteiger partial charge in [0.25, 0.3) is 0 Å². The fourth-order valence-corrected chi connectivity index (χ4v) is 7.07. The third-order valence-corrected chi connectivity index (χ3v) is 11.2. The zero-order valence-corrected chi connectivity index (χ0v) is 43.4. The van der Waals surface area contributed by atoms with Crippen molar-refractivity contribution in [2.45, 2.75) is 245 Å². The number of unbranched alkanes of at least 4 members (excludes halogenated alkanes) is 19. The maximum atomic E-state index is 12.8. The molecule has 0 spiro atoms. The van der Waals surface area contributed by atoms with E-state index in [-0.39, 0.29) is 44.0 Å². The largest absolute Gasteiger partial charge is 0.462 e. The third kappa shape index (κ3) is 52.9. The van der Waals surface area contributed by atoms with Gasteiger partial charge in [0, 0.05) is 19.3 Å². The lowest BCUT2D eigenvalue weighted by molar-refractivity contribution is -0.167. The molecule has 0 aliphatic rings. The highest BCUT2D eigenvalue weighted by atomic mass is 16.6. The van der Waals surface area contributed by atoms with E-state index in [1.54, 1.807) is 0 Å². The van der Waals surface area contributed by atoms with E-state index in [4.69, 9.17) is 14.2 Å². The molecule has 0 aliphatic carbocycles. The van der Waals surface area contributed by atoms with Crippen LogP contribution in [0.15, 0.2) is 109 Å². The lowest BCUT2D eigenvalue weighted by Gasteiger charge is -2.18. The molecule has 0 aromatic rings. The number of rotatable bonds is 48. The monoisotopic (exact) mass is 929 g/mol. The first-order valence-electron chi connectivity index (χ1n) is 27.4. The molecule has 0 heterocycles. The normalized spacial score (nSPS) is 12.9. The van der Waals surface area contributed by atoms with Gasteiger partial charge in [0.15, 0.2) is 6.10 Å². The summed E-state index contributed by atoms with van der Waals surface area (Å²) in [6, 6.07) is 0. The predicted molar refractivity (Wildman–Crippen MR) is 288 cm³/mol. The molecule has 6 heteroatoms. The Balaban J connectivity index is 4.59. The Morgan fingerprint density at radius 1 is 0.299 bits per heavy atom. The van der Waals surface area contributed by atoms with Crippen molar-refractivity contribution in [3.63, 3.8) is 0 Å². The van der Waals surface area contributed by atoms with Crippen molar-refractivity contribution in [3.05, 3.63) is 109 Å². The van der Waals surface area contributed by atoms with Crippen molar-refractivity contribution in [2.24, 2.45) is 0 Å². The van der Waals surface area contributed by atoms with Crippen molar-refractivity contribution in [1.29, 1.82) is 0 Å². The molecule has 0 aromatic carbocycles. The predicted octanol–water partition coefficient (Wildman–Crippen LogP) is 18.3. The Bertz CT molecular complexity index is 1390. The van der Waals surface area contributed by atoms with E-state index in [1.807, 2.05) is 0 Å². The van der Waals surface area contributed by atoms with Gasteiger partial charge < -0.3 is 14.2 Å². The summed E-state index contributed by atoms with van der Waals surface area (Å²) in [6.07, 6.45) is 73.7. The van der Waals surface area contributed by atoms with Gasteiger partial charge in [-0.15, -0.1) is 0 Å². The summed E-state index contributed by atoms with van der Waals surface area (Å²) >= 11 is 0. The number of esters is 3. The molecule has 1 atom stereocenters. The highest BCUT2D eigenvalue weighted by Crippen LogP contribution is 2.12. The molecular formula is C61H100O6. The van der Waals surface area contributed by atoms with Crippen LogP contribution in [0.1, 0.15) is 239 Å². The van der Waals surface area contributed by atoms with Crippen LogP contribution >= 0.6 is 0 Å². The molecule has 0 N–H and O–H groups in total. The van der Waals surface area contributed by atoms with Gasteiger partial charge in [-0.3, -0.25) is 14.4 Å². The van der Waals surface area contributed by atoms with E-state index in [0.29, 0.717) is 19.3 Å². The molecule has 6 nitrogen and oxygen atoms in total. The number of ether oxygens (including phenoxy) is 3. The molecule has 0 saturated heterocycles. The molecule has 0 fully saturated rings. The second kappa shape index (κ2) is 54.7. The molecule has 0 saturated carbocycles. The summed E-state index contributed by atoms with van der Waals surface area (Å²) in [5, 5.41) is 0. The van der Waals surface area contributed by atoms with Gasteiger partial charge in [0.05, 0.1) is 0 Å². The Morgan fingerprint density at radius 3 is 0.925 bits per heavy atom. The van der Waals surface area contributed by atoms with E-state index in [1.165, 1.54) is 96.3 Å². The van der Waals surface area contributed by atoms with E-state index in [9.17, 15) is 14.4 Å². The summed E-state index contributed by atoms with van der Waals surface area (Å²) in [5.74, 6) is -1.05. The SMILES string of the molecule is CCCCC/C=C\C/C=C\C/C=C\C/C=C\CCCC(=O)O[C@@H](COC(=O)CCC/C=C\C/C=C\C/C=C\CCCCCCCC)COC(=O)CCCCCCC/C=C\C/C=C\CCCCC. The van der Waals surface area contributed by atoms with Crippen LogP contribution < -0.4 is 0 Å².